The summed E-state index contributed by atoms with van der Waals surface area (Å²) in [5.74, 6) is 0. The normalized spacial score (nSPS) is 13.2. The Morgan fingerprint density at radius 3 is 1.82 bits per heavy atom. The Kier molecular flexibility index (Phi) is 6.72. The topological polar surface area (TPSA) is 8.17 Å². The van der Waals surface area contributed by atoms with Gasteiger partial charge in [-0.2, -0.15) is 0 Å². The third-order valence-electron chi connectivity index (χ3n) is 12.7. The first-order valence-corrected chi connectivity index (χ1v) is 19.9. The summed E-state index contributed by atoms with van der Waals surface area (Å²) in [7, 11) is 0. The molecular formula is C55H38N2. The largest absolute Gasteiger partial charge is 0.310 e. The van der Waals surface area contributed by atoms with E-state index in [2.05, 4.69) is 217 Å². The van der Waals surface area contributed by atoms with Crippen molar-refractivity contribution in [2.24, 2.45) is 0 Å². The molecule has 0 radical (unpaired) electrons. The highest BCUT2D eigenvalue weighted by Crippen LogP contribution is 2.51. The van der Waals surface area contributed by atoms with Crippen LogP contribution in [0.15, 0.2) is 194 Å². The minimum absolute atomic E-state index is 0.0769. The van der Waals surface area contributed by atoms with Gasteiger partial charge in [-0.1, -0.05) is 147 Å². The standard InChI is InChI=1S/C55H38N2/c1-55(2)48-19-10-9-18-44(48)45-31-28-43(34-49(45)55)56(40-14-5-3-6-15-40)42-26-22-35(23-27-42)38-25-29-46-50(32-38)57(41-16-7-4-8-17-41)51-33-39-21-20-36-12-11-13-37-24-30-47(54(46)51)53(39)52(36)37/h3-34H,1-2H3. The molecule has 0 spiro atoms. The summed E-state index contributed by atoms with van der Waals surface area (Å²) in [6.45, 7) is 4.70. The molecule has 0 aliphatic heterocycles. The molecule has 1 aromatic heterocycles. The van der Waals surface area contributed by atoms with Gasteiger partial charge in [0.2, 0.25) is 0 Å². The molecule has 268 valence electrons. The van der Waals surface area contributed by atoms with Gasteiger partial charge in [-0.25, -0.2) is 0 Å². The molecule has 1 heterocycles. The molecule has 1 aliphatic carbocycles. The lowest BCUT2D eigenvalue weighted by atomic mass is 9.82. The van der Waals surface area contributed by atoms with Gasteiger partial charge in [0, 0.05) is 38.9 Å². The predicted octanol–water partition coefficient (Wildman–Crippen LogP) is 15.1. The smallest absolute Gasteiger partial charge is 0.0553 e. The predicted molar refractivity (Wildman–Crippen MR) is 242 cm³/mol. The lowest BCUT2D eigenvalue weighted by Gasteiger charge is -2.28. The Morgan fingerprint density at radius 1 is 0.386 bits per heavy atom. The second-order valence-corrected chi connectivity index (χ2v) is 16.1. The first kappa shape index (κ1) is 32.1. The Labute approximate surface area is 331 Å². The number of fused-ring (bicyclic) bond motifs is 7. The van der Waals surface area contributed by atoms with Crippen LogP contribution in [-0.2, 0) is 5.41 Å². The lowest BCUT2D eigenvalue weighted by Crippen LogP contribution is -2.16. The van der Waals surface area contributed by atoms with Crippen molar-refractivity contribution in [1.82, 2.24) is 4.57 Å². The number of hydrogen-bond donors (Lipinski definition) is 0. The third kappa shape index (κ3) is 4.65. The first-order chi connectivity index (χ1) is 28.0. The van der Waals surface area contributed by atoms with E-state index >= 15 is 0 Å². The highest BCUT2D eigenvalue weighted by Gasteiger charge is 2.35. The van der Waals surface area contributed by atoms with Gasteiger partial charge < -0.3 is 9.47 Å². The van der Waals surface area contributed by atoms with Crippen LogP contribution in [0.1, 0.15) is 25.0 Å². The van der Waals surface area contributed by atoms with Crippen LogP contribution < -0.4 is 4.90 Å². The lowest BCUT2D eigenvalue weighted by molar-refractivity contribution is 0.660. The van der Waals surface area contributed by atoms with Crippen LogP contribution in [0.25, 0.3) is 82.1 Å². The molecule has 57 heavy (non-hydrogen) atoms. The summed E-state index contributed by atoms with van der Waals surface area (Å²) in [5.41, 5.74) is 14.8. The maximum Gasteiger partial charge on any atom is 0.0553 e. The molecule has 2 nitrogen and oxygen atoms in total. The van der Waals surface area contributed by atoms with E-state index < -0.39 is 0 Å². The first-order valence-electron chi connectivity index (χ1n) is 19.9. The highest BCUT2D eigenvalue weighted by atomic mass is 15.1. The maximum atomic E-state index is 2.46. The van der Waals surface area contributed by atoms with Gasteiger partial charge >= 0.3 is 0 Å². The molecule has 0 amide bonds. The van der Waals surface area contributed by atoms with Crippen molar-refractivity contribution in [2.75, 3.05) is 4.90 Å². The van der Waals surface area contributed by atoms with Crippen molar-refractivity contribution in [1.29, 1.82) is 0 Å². The molecule has 0 saturated carbocycles. The molecular weight excluding hydrogens is 689 g/mol. The van der Waals surface area contributed by atoms with Crippen molar-refractivity contribution in [3.8, 4) is 27.9 Å². The number of benzene rings is 10. The number of para-hydroxylation sites is 2. The molecule has 10 aromatic carbocycles. The van der Waals surface area contributed by atoms with E-state index in [9.17, 15) is 0 Å². The van der Waals surface area contributed by atoms with Gasteiger partial charge in [0.25, 0.3) is 0 Å². The van der Waals surface area contributed by atoms with Crippen molar-refractivity contribution in [3.05, 3.63) is 205 Å². The zero-order valence-corrected chi connectivity index (χ0v) is 31.9. The Morgan fingerprint density at radius 2 is 1.02 bits per heavy atom. The van der Waals surface area contributed by atoms with Crippen molar-refractivity contribution in [2.45, 2.75) is 19.3 Å². The molecule has 11 aromatic rings. The molecule has 0 N–H and O–H groups in total. The summed E-state index contributed by atoms with van der Waals surface area (Å²) in [5, 5.41) is 10.4. The average molecular weight is 727 g/mol. The Bertz CT molecular complexity index is 3340. The summed E-state index contributed by atoms with van der Waals surface area (Å²) in [6, 6.07) is 71.8. The van der Waals surface area contributed by atoms with E-state index in [4.69, 9.17) is 0 Å². The van der Waals surface area contributed by atoms with Crippen LogP contribution in [0.3, 0.4) is 0 Å². The maximum absolute atomic E-state index is 2.46. The van der Waals surface area contributed by atoms with Crippen molar-refractivity contribution >= 4 is 71.2 Å². The van der Waals surface area contributed by atoms with Crippen LogP contribution in [-0.4, -0.2) is 4.57 Å². The molecule has 0 unspecified atom stereocenters. The number of hydrogen-bond acceptors (Lipinski definition) is 1. The van der Waals surface area contributed by atoms with Gasteiger partial charge in [-0.3, -0.25) is 0 Å². The van der Waals surface area contributed by atoms with Gasteiger partial charge in [0.15, 0.2) is 0 Å². The minimum atomic E-state index is -0.0769. The van der Waals surface area contributed by atoms with E-state index in [0.29, 0.717) is 0 Å². The Hall–Kier alpha value is -7.16. The molecule has 0 saturated heterocycles. The summed E-state index contributed by atoms with van der Waals surface area (Å²) in [6.07, 6.45) is 0. The van der Waals surface area contributed by atoms with E-state index in [1.54, 1.807) is 0 Å². The van der Waals surface area contributed by atoms with Gasteiger partial charge in [-0.05, 0) is 126 Å². The van der Waals surface area contributed by atoms with Gasteiger partial charge in [0.05, 0.1) is 11.0 Å². The summed E-state index contributed by atoms with van der Waals surface area (Å²) in [4.78, 5) is 2.39. The fourth-order valence-corrected chi connectivity index (χ4v) is 10.0. The van der Waals surface area contributed by atoms with Crippen LogP contribution in [0.4, 0.5) is 17.1 Å². The second-order valence-electron chi connectivity index (χ2n) is 16.1. The van der Waals surface area contributed by atoms with Crippen molar-refractivity contribution in [3.63, 3.8) is 0 Å². The van der Waals surface area contributed by atoms with E-state index in [-0.39, 0.29) is 5.41 Å². The molecule has 0 fully saturated rings. The van der Waals surface area contributed by atoms with Crippen LogP contribution >= 0.6 is 0 Å². The third-order valence-corrected chi connectivity index (χ3v) is 12.7. The SMILES string of the molecule is CC1(C)c2ccccc2-c2ccc(N(c3ccccc3)c3ccc(-c4ccc5c6c7ccc8cccc9ccc(cc6n(-c6ccccc6)c5c4)c7c98)cc3)cc21. The zero-order valence-electron chi connectivity index (χ0n) is 31.9. The zero-order chi connectivity index (χ0) is 37.8. The fraction of sp³-hybridized carbons (Fsp3) is 0.0545. The van der Waals surface area contributed by atoms with E-state index in [0.717, 1.165) is 22.7 Å². The summed E-state index contributed by atoms with van der Waals surface area (Å²) < 4.78 is 2.46. The molecule has 0 bridgehead atoms. The average Bonchev–Trinajstić information content (AvgIpc) is 3.71. The fourth-order valence-electron chi connectivity index (χ4n) is 10.0. The van der Waals surface area contributed by atoms with E-state index in [1.807, 2.05) is 0 Å². The van der Waals surface area contributed by atoms with E-state index in [1.165, 1.54) is 87.5 Å². The molecule has 1 aliphatic rings. The van der Waals surface area contributed by atoms with Crippen LogP contribution in [0.5, 0.6) is 0 Å². The van der Waals surface area contributed by atoms with Crippen LogP contribution in [0, 0.1) is 0 Å². The monoisotopic (exact) mass is 726 g/mol. The highest BCUT2D eigenvalue weighted by molar-refractivity contribution is 6.33. The second kappa shape index (κ2) is 11.9. The quantitative estimate of drug-likeness (QED) is 0.160. The molecule has 2 heteroatoms. The number of rotatable bonds is 5. The molecule has 0 atom stereocenters. The number of nitrogens with zero attached hydrogens (tertiary/aromatic N) is 2. The summed E-state index contributed by atoms with van der Waals surface area (Å²) >= 11 is 0. The molecule has 12 rings (SSSR count). The number of aromatic nitrogens is 1. The Balaban J connectivity index is 1.01. The van der Waals surface area contributed by atoms with Gasteiger partial charge in [0.1, 0.15) is 0 Å². The van der Waals surface area contributed by atoms with Crippen molar-refractivity contribution < 1.29 is 0 Å². The minimum Gasteiger partial charge on any atom is -0.310 e. The van der Waals surface area contributed by atoms with Crippen LogP contribution in [0.2, 0.25) is 0 Å². The van der Waals surface area contributed by atoms with Gasteiger partial charge in [-0.15, -0.1) is 0 Å². The number of anilines is 3.